The lowest BCUT2D eigenvalue weighted by atomic mass is 9.99. The third-order valence-corrected chi connectivity index (χ3v) is 7.73. The molecule has 0 radical (unpaired) electrons. The number of ether oxygens (including phenoxy) is 2. The van der Waals surface area contributed by atoms with Crippen molar-refractivity contribution in [1.29, 1.82) is 0 Å². The number of aromatic nitrogens is 1. The number of anilines is 1. The fourth-order valence-corrected chi connectivity index (χ4v) is 5.51. The zero-order valence-corrected chi connectivity index (χ0v) is 22.6. The van der Waals surface area contributed by atoms with E-state index in [0.29, 0.717) is 38.8 Å². The fraction of sp³-hybridized carbons (Fsp3) is 0.212. The van der Waals surface area contributed by atoms with Crippen LogP contribution in [0.4, 0.5) is 5.69 Å². The Kier molecular flexibility index (Phi) is 6.97. The average Bonchev–Trinajstić information content (AvgIpc) is 3.00. The van der Waals surface area contributed by atoms with Crippen LogP contribution in [0.5, 0.6) is 11.5 Å². The van der Waals surface area contributed by atoms with Crippen LogP contribution in [0.15, 0.2) is 83.7 Å². The van der Waals surface area contributed by atoms with Crippen molar-refractivity contribution >= 4 is 33.4 Å². The van der Waals surface area contributed by atoms with Gasteiger partial charge in [0.1, 0.15) is 11.5 Å². The first-order valence-corrected chi connectivity index (χ1v) is 13.4. The number of aromatic amines is 1. The highest BCUT2D eigenvalue weighted by Crippen LogP contribution is 2.26. The van der Waals surface area contributed by atoms with Crippen molar-refractivity contribution in [3.05, 3.63) is 111 Å². The maximum Gasteiger partial charge on any atom is 0.257 e. The Morgan fingerprint density at radius 3 is 2.45 bits per heavy atom. The summed E-state index contributed by atoms with van der Waals surface area (Å²) in [6.45, 7) is 2.93. The second-order valence-corrected chi connectivity index (χ2v) is 10.1. The van der Waals surface area contributed by atoms with Gasteiger partial charge in [-0.2, -0.15) is 0 Å². The molecule has 4 aromatic carbocycles. The molecule has 2 N–H and O–H groups in total. The highest BCUT2D eigenvalue weighted by molar-refractivity contribution is 6.13. The molecule has 0 spiro atoms. The van der Waals surface area contributed by atoms with E-state index >= 15 is 0 Å². The van der Waals surface area contributed by atoms with Crippen molar-refractivity contribution in [3.8, 4) is 11.5 Å². The summed E-state index contributed by atoms with van der Waals surface area (Å²) >= 11 is 0. The van der Waals surface area contributed by atoms with Gasteiger partial charge in [-0.1, -0.05) is 30.3 Å². The molecule has 0 aliphatic carbocycles. The molecule has 0 saturated heterocycles. The molecule has 0 saturated carbocycles. The number of hydrogen-bond acceptors (Lipinski definition) is 5. The Morgan fingerprint density at radius 1 is 0.900 bits per heavy atom. The third kappa shape index (κ3) is 4.92. The summed E-state index contributed by atoms with van der Waals surface area (Å²) in [6, 6.07) is 24.8. The molecule has 6 rings (SSSR count). The number of benzene rings is 4. The Labute approximate surface area is 232 Å². The number of H-pyrrole nitrogens is 1. The summed E-state index contributed by atoms with van der Waals surface area (Å²) in [6.07, 6.45) is 1.97. The van der Waals surface area contributed by atoms with Crippen LogP contribution in [-0.2, 0) is 19.4 Å². The number of methoxy groups -OCH3 is 2. The van der Waals surface area contributed by atoms with Crippen molar-refractivity contribution in [3.63, 3.8) is 0 Å². The van der Waals surface area contributed by atoms with Crippen LogP contribution in [0.1, 0.15) is 27.0 Å². The lowest BCUT2D eigenvalue weighted by Gasteiger charge is -2.29. The first-order chi connectivity index (χ1) is 19.5. The van der Waals surface area contributed by atoms with Crippen molar-refractivity contribution in [2.24, 2.45) is 0 Å². The number of carbonyl (C=O) groups is 1. The molecule has 7 heteroatoms. The molecule has 1 aromatic heterocycles. The van der Waals surface area contributed by atoms with E-state index in [-0.39, 0.29) is 11.3 Å². The van der Waals surface area contributed by atoms with E-state index in [1.165, 1.54) is 16.7 Å². The maximum atomic E-state index is 13.3. The summed E-state index contributed by atoms with van der Waals surface area (Å²) in [5.41, 5.74) is 5.96. The van der Waals surface area contributed by atoms with Crippen molar-refractivity contribution in [2.75, 3.05) is 32.6 Å². The molecule has 40 heavy (non-hydrogen) atoms. The number of pyridine rings is 1. The number of hydrogen-bond donors (Lipinski definition) is 2. The minimum Gasteiger partial charge on any atom is -0.497 e. The van der Waals surface area contributed by atoms with Crippen LogP contribution in [0.3, 0.4) is 0 Å². The number of fused-ring (bicyclic) bond motifs is 3. The van der Waals surface area contributed by atoms with Crippen molar-refractivity contribution < 1.29 is 14.3 Å². The normalized spacial score (nSPS) is 13.2. The Hall–Kier alpha value is -4.62. The van der Waals surface area contributed by atoms with Gasteiger partial charge < -0.3 is 19.8 Å². The molecule has 7 nitrogen and oxygen atoms in total. The van der Waals surface area contributed by atoms with E-state index in [4.69, 9.17) is 9.47 Å². The standard InChI is InChI=1S/C33H31N3O4/c1-39-25-14-11-22-16-18-36(20-23(22)19-25)17-15-21-9-12-24(13-10-21)34-33(38)28-7-3-5-26-30(28)35-31-27(32(26)37)6-4-8-29(31)40-2/h3-14,19H,15-18,20H2,1-2H3,(H,34,38)(H,35,37). The molecule has 202 valence electrons. The molecule has 0 fully saturated rings. The van der Waals surface area contributed by atoms with Crippen LogP contribution >= 0.6 is 0 Å². The van der Waals surface area contributed by atoms with E-state index in [2.05, 4.69) is 39.5 Å². The molecule has 0 unspecified atom stereocenters. The monoisotopic (exact) mass is 533 g/mol. The highest BCUT2D eigenvalue weighted by atomic mass is 16.5. The highest BCUT2D eigenvalue weighted by Gasteiger charge is 2.18. The number of nitrogens with zero attached hydrogens (tertiary/aromatic N) is 1. The maximum absolute atomic E-state index is 13.3. The predicted octanol–water partition coefficient (Wildman–Crippen LogP) is 5.55. The minimum atomic E-state index is -0.286. The largest absolute Gasteiger partial charge is 0.497 e. The summed E-state index contributed by atoms with van der Waals surface area (Å²) in [7, 11) is 3.26. The Morgan fingerprint density at radius 2 is 1.68 bits per heavy atom. The summed E-state index contributed by atoms with van der Waals surface area (Å²) in [4.78, 5) is 32.2. The molecule has 1 aliphatic rings. The van der Waals surface area contributed by atoms with Gasteiger partial charge in [0.25, 0.3) is 5.91 Å². The number of para-hydroxylation sites is 2. The topological polar surface area (TPSA) is 83.7 Å². The van der Waals surface area contributed by atoms with Gasteiger partial charge in [-0.25, -0.2) is 0 Å². The van der Waals surface area contributed by atoms with E-state index in [9.17, 15) is 9.59 Å². The SMILES string of the molecule is COc1ccc2c(c1)CN(CCc1ccc(NC(=O)c3cccc4c(=O)c5cccc(OC)c5[nH]c34)cc1)CC2. The second-order valence-electron chi connectivity index (χ2n) is 10.1. The van der Waals surface area contributed by atoms with E-state index in [0.717, 1.165) is 38.2 Å². The lowest BCUT2D eigenvalue weighted by Crippen LogP contribution is -2.32. The van der Waals surface area contributed by atoms with E-state index in [1.807, 2.05) is 18.2 Å². The Bertz CT molecular complexity index is 1780. The second kappa shape index (κ2) is 10.9. The van der Waals surface area contributed by atoms with Crippen molar-refractivity contribution in [1.82, 2.24) is 9.88 Å². The summed E-state index contributed by atoms with van der Waals surface area (Å²) in [5, 5.41) is 3.97. The first-order valence-electron chi connectivity index (χ1n) is 13.4. The van der Waals surface area contributed by atoms with Crippen LogP contribution in [-0.4, -0.2) is 43.1 Å². The molecule has 5 aromatic rings. The van der Waals surface area contributed by atoms with Crippen LogP contribution < -0.4 is 20.2 Å². The summed E-state index contributed by atoms with van der Waals surface area (Å²) in [5.74, 6) is 1.17. The van der Waals surface area contributed by atoms with Gasteiger partial charge in [0.2, 0.25) is 0 Å². The fourth-order valence-electron chi connectivity index (χ4n) is 5.51. The molecule has 2 heterocycles. The Balaban J connectivity index is 1.15. The van der Waals surface area contributed by atoms with E-state index < -0.39 is 0 Å². The molecule has 1 amide bonds. The summed E-state index contributed by atoms with van der Waals surface area (Å²) < 4.78 is 10.8. The first kappa shape index (κ1) is 25.6. The molecular formula is C33H31N3O4. The van der Waals surface area contributed by atoms with Gasteiger partial charge in [-0.05, 0) is 78.1 Å². The molecule has 0 bridgehead atoms. The van der Waals surface area contributed by atoms with Gasteiger partial charge >= 0.3 is 0 Å². The smallest absolute Gasteiger partial charge is 0.257 e. The van der Waals surface area contributed by atoms with Crippen LogP contribution in [0.25, 0.3) is 21.8 Å². The minimum absolute atomic E-state index is 0.141. The van der Waals surface area contributed by atoms with Gasteiger partial charge in [-0.15, -0.1) is 0 Å². The number of carbonyl (C=O) groups excluding carboxylic acids is 1. The number of nitrogens with one attached hydrogen (secondary N) is 2. The number of rotatable bonds is 7. The van der Waals surface area contributed by atoms with Gasteiger partial charge in [-0.3, -0.25) is 14.5 Å². The zero-order chi connectivity index (χ0) is 27.6. The molecule has 0 atom stereocenters. The van der Waals surface area contributed by atoms with Crippen molar-refractivity contribution in [2.45, 2.75) is 19.4 Å². The van der Waals surface area contributed by atoms with Crippen LogP contribution in [0.2, 0.25) is 0 Å². The predicted molar refractivity (Wildman–Crippen MR) is 159 cm³/mol. The van der Waals surface area contributed by atoms with E-state index in [1.54, 1.807) is 50.6 Å². The van der Waals surface area contributed by atoms with Gasteiger partial charge in [0.05, 0.1) is 30.8 Å². The van der Waals surface area contributed by atoms with Crippen LogP contribution in [0, 0.1) is 0 Å². The molecular weight excluding hydrogens is 502 g/mol. The quantitative estimate of drug-likeness (QED) is 0.268. The number of amides is 1. The van der Waals surface area contributed by atoms with Gasteiger partial charge in [0.15, 0.2) is 5.43 Å². The third-order valence-electron chi connectivity index (χ3n) is 7.73. The zero-order valence-electron chi connectivity index (χ0n) is 22.6. The molecule has 1 aliphatic heterocycles. The lowest BCUT2D eigenvalue weighted by molar-refractivity contribution is 0.102. The van der Waals surface area contributed by atoms with Gasteiger partial charge in [0, 0.05) is 36.1 Å². The average molecular weight is 534 g/mol.